The summed E-state index contributed by atoms with van der Waals surface area (Å²) in [6, 6.07) is 1.43. The highest BCUT2D eigenvalue weighted by molar-refractivity contribution is 6.05. The van der Waals surface area contributed by atoms with Gasteiger partial charge in [0.25, 0.3) is 0 Å². The molecule has 2 aliphatic heterocycles. The predicted molar refractivity (Wildman–Crippen MR) is 74.6 cm³/mol. The van der Waals surface area contributed by atoms with Crippen LogP contribution >= 0.6 is 0 Å². The zero-order valence-corrected chi connectivity index (χ0v) is 11.8. The van der Waals surface area contributed by atoms with Crippen molar-refractivity contribution in [2.24, 2.45) is 11.8 Å². The SMILES string of the molecule is CC(C)C1C(=O)N2C(C(=O)O)=C(c3nccc(N)n3)CC12. The third kappa shape index (κ3) is 1.88. The molecule has 1 fully saturated rings. The molecule has 110 valence electrons. The second-order valence-electron chi connectivity index (χ2n) is 5.69. The molecule has 1 saturated heterocycles. The minimum Gasteiger partial charge on any atom is -0.477 e. The first-order valence-electron chi connectivity index (χ1n) is 6.80. The summed E-state index contributed by atoms with van der Waals surface area (Å²) >= 11 is 0. The lowest BCUT2D eigenvalue weighted by Gasteiger charge is -2.45. The third-order valence-corrected chi connectivity index (χ3v) is 4.08. The average Bonchev–Trinajstić information content (AvgIpc) is 2.73. The molecule has 3 rings (SSSR count). The maximum Gasteiger partial charge on any atom is 0.353 e. The molecule has 0 radical (unpaired) electrons. The van der Waals surface area contributed by atoms with Crippen LogP contribution in [0.4, 0.5) is 5.82 Å². The number of carboxylic acids is 1. The predicted octanol–water partition coefficient (Wildman–Crippen LogP) is 0.741. The fourth-order valence-electron chi connectivity index (χ4n) is 3.19. The Morgan fingerprint density at radius 3 is 2.81 bits per heavy atom. The van der Waals surface area contributed by atoms with Crippen molar-refractivity contribution in [2.45, 2.75) is 26.3 Å². The van der Waals surface area contributed by atoms with Crippen LogP contribution in [0, 0.1) is 11.8 Å². The van der Waals surface area contributed by atoms with Crippen LogP contribution in [0.2, 0.25) is 0 Å². The summed E-state index contributed by atoms with van der Waals surface area (Å²) in [5, 5.41) is 9.44. The number of nitrogens with zero attached hydrogens (tertiary/aromatic N) is 3. The van der Waals surface area contributed by atoms with Gasteiger partial charge < -0.3 is 15.7 Å². The first-order chi connectivity index (χ1) is 9.91. The molecule has 0 aromatic carbocycles. The minimum atomic E-state index is -1.13. The Hall–Kier alpha value is -2.44. The second kappa shape index (κ2) is 4.54. The van der Waals surface area contributed by atoms with Gasteiger partial charge in [-0.05, 0) is 12.0 Å². The van der Waals surface area contributed by atoms with E-state index in [1.54, 1.807) is 0 Å². The van der Waals surface area contributed by atoms with E-state index in [-0.39, 0.29) is 41.1 Å². The topological polar surface area (TPSA) is 109 Å². The second-order valence-corrected chi connectivity index (χ2v) is 5.69. The summed E-state index contributed by atoms with van der Waals surface area (Å²) in [5.74, 6) is -0.663. The number of nitrogens with two attached hydrogens (primary N) is 1. The van der Waals surface area contributed by atoms with Gasteiger partial charge in [0.2, 0.25) is 5.91 Å². The van der Waals surface area contributed by atoms with Gasteiger partial charge in [-0.15, -0.1) is 0 Å². The monoisotopic (exact) mass is 288 g/mol. The molecule has 7 heteroatoms. The van der Waals surface area contributed by atoms with Gasteiger partial charge in [-0.1, -0.05) is 13.8 Å². The van der Waals surface area contributed by atoms with Crippen LogP contribution < -0.4 is 5.73 Å². The van der Waals surface area contributed by atoms with E-state index in [0.717, 1.165) is 0 Å². The van der Waals surface area contributed by atoms with Gasteiger partial charge in [-0.2, -0.15) is 0 Å². The molecule has 0 bridgehead atoms. The normalized spacial score (nSPS) is 24.3. The first kappa shape index (κ1) is 13.5. The van der Waals surface area contributed by atoms with Crippen molar-refractivity contribution in [1.82, 2.24) is 14.9 Å². The summed E-state index contributed by atoms with van der Waals surface area (Å²) < 4.78 is 0. The van der Waals surface area contributed by atoms with E-state index < -0.39 is 5.97 Å². The Morgan fingerprint density at radius 2 is 2.24 bits per heavy atom. The summed E-state index contributed by atoms with van der Waals surface area (Å²) in [6.07, 6.45) is 1.95. The number of carbonyl (C=O) groups is 2. The number of nitrogen functional groups attached to an aromatic ring is 1. The van der Waals surface area contributed by atoms with Crippen LogP contribution in [0.5, 0.6) is 0 Å². The molecule has 1 aromatic rings. The fraction of sp³-hybridized carbons (Fsp3) is 0.429. The molecular weight excluding hydrogens is 272 g/mol. The van der Waals surface area contributed by atoms with Gasteiger partial charge in [0.15, 0.2) is 5.82 Å². The van der Waals surface area contributed by atoms with E-state index in [2.05, 4.69) is 9.97 Å². The maximum absolute atomic E-state index is 12.2. The zero-order chi connectivity index (χ0) is 15.3. The van der Waals surface area contributed by atoms with Crippen molar-refractivity contribution in [2.75, 3.05) is 5.73 Å². The van der Waals surface area contributed by atoms with Gasteiger partial charge >= 0.3 is 5.97 Å². The van der Waals surface area contributed by atoms with Crippen molar-refractivity contribution in [3.63, 3.8) is 0 Å². The minimum absolute atomic E-state index is 0.00694. The van der Waals surface area contributed by atoms with E-state index in [9.17, 15) is 14.7 Å². The number of aromatic nitrogens is 2. The van der Waals surface area contributed by atoms with E-state index in [1.165, 1.54) is 17.2 Å². The number of rotatable bonds is 3. The smallest absolute Gasteiger partial charge is 0.353 e. The van der Waals surface area contributed by atoms with Crippen molar-refractivity contribution in [3.05, 3.63) is 23.8 Å². The third-order valence-electron chi connectivity index (χ3n) is 4.08. The Morgan fingerprint density at radius 1 is 1.52 bits per heavy atom. The lowest BCUT2D eigenvalue weighted by molar-refractivity contribution is -0.157. The Balaban J connectivity index is 2.04. The Kier molecular flexibility index (Phi) is 2.93. The summed E-state index contributed by atoms with van der Waals surface area (Å²) in [7, 11) is 0. The van der Waals surface area contributed by atoms with Crippen molar-refractivity contribution >= 4 is 23.3 Å². The number of hydrogen-bond acceptors (Lipinski definition) is 5. The first-order valence-corrected chi connectivity index (χ1v) is 6.80. The number of fused-ring (bicyclic) bond motifs is 1. The molecule has 2 aliphatic rings. The molecule has 0 aliphatic carbocycles. The molecule has 3 N–H and O–H groups in total. The van der Waals surface area contributed by atoms with Crippen LogP contribution in [0.15, 0.2) is 18.0 Å². The van der Waals surface area contributed by atoms with Crippen LogP contribution in [0.3, 0.4) is 0 Å². The molecule has 2 unspecified atom stereocenters. The average molecular weight is 288 g/mol. The maximum atomic E-state index is 12.2. The molecule has 7 nitrogen and oxygen atoms in total. The molecule has 0 spiro atoms. The van der Waals surface area contributed by atoms with Crippen molar-refractivity contribution in [3.8, 4) is 0 Å². The van der Waals surface area contributed by atoms with Crippen LogP contribution in [-0.4, -0.2) is 37.9 Å². The molecule has 21 heavy (non-hydrogen) atoms. The van der Waals surface area contributed by atoms with Crippen LogP contribution in [0.1, 0.15) is 26.1 Å². The highest BCUT2D eigenvalue weighted by atomic mass is 16.4. The number of anilines is 1. The number of amides is 1. The van der Waals surface area contributed by atoms with E-state index in [4.69, 9.17) is 5.73 Å². The van der Waals surface area contributed by atoms with E-state index in [0.29, 0.717) is 12.0 Å². The van der Waals surface area contributed by atoms with E-state index in [1.807, 2.05) is 13.8 Å². The van der Waals surface area contributed by atoms with Gasteiger partial charge in [-0.25, -0.2) is 14.8 Å². The van der Waals surface area contributed by atoms with Gasteiger partial charge in [0, 0.05) is 18.2 Å². The lowest BCUT2D eigenvalue weighted by atomic mass is 9.78. The number of hydrogen-bond donors (Lipinski definition) is 2. The fourth-order valence-corrected chi connectivity index (χ4v) is 3.19. The quantitative estimate of drug-likeness (QED) is 0.794. The largest absolute Gasteiger partial charge is 0.477 e. The summed E-state index contributed by atoms with van der Waals surface area (Å²) in [5.41, 5.74) is 6.11. The van der Waals surface area contributed by atoms with Gasteiger partial charge in [-0.3, -0.25) is 4.79 Å². The number of aliphatic carboxylic acids is 1. The Labute approximate surface area is 121 Å². The number of β-lactam (4-membered cyclic amide) rings is 1. The summed E-state index contributed by atoms with van der Waals surface area (Å²) in [6.45, 7) is 3.94. The number of carboxylic acid groups (broad SMARTS) is 1. The molecule has 1 amide bonds. The van der Waals surface area contributed by atoms with E-state index >= 15 is 0 Å². The van der Waals surface area contributed by atoms with Crippen LogP contribution in [0.25, 0.3) is 5.57 Å². The molecule has 3 heterocycles. The highest BCUT2D eigenvalue weighted by Gasteiger charge is 2.56. The molecule has 1 aromatic heterocycles. The van der Waals surface area contributed by atoms with Gasteiger partial charge in [0.1, 0.15) is 11.5 Å². The molecule has 2 atom stereocenters. The highest BCUT2D eigenvalue weighted by Crippen LogP contribution is 2.47. The van der Waals surface area contributed by atoms with Crippen LogP contribution in [-0.2, 0) is 9.59 Å². The number of carbonyl (C=O) groups excluding carboxylic acids is 1. The zero-order valence-electron chi connectivity index (χ0n) is 11.8. The molecular formula is C14H16N4O3. The summed E-state index contributed by atoms with van der Waals surface area (Å²) in [4.78, 5) is 33.3. The van der Waals surface area contributed by atoms with Gasteiger partial charge in [0.05, 0.1) is 12.0 Å². The molecule has 0 saturated carbocycles. The van der Waals surface area contributed by atoms with Crippen molar-refractivity contribution in [1.29, 1.82) is 0 Å². The standard InChI is InChI=1S/C14H16N4O3/c1-6(2)10-8-5-7(12-16-4-3-9(15)17-12)11(14(20)21)18(8)13(10)19/h3-4,6,8,10H,5H2,1-2H3,(H,20,21)(H2,15,16,17). The lowest BCUT2D eigenvalue weighted by Crippen LogP contribution is -2.60. The Bertz CT molecular complexity index is 668. The van der Waals surface area contributed by atoms with Crippen molar-refractivity contribution < 1.29 is 14.7 Å².